The van der Waals surface area contributed by atoms with Crippen molar-refractivity contribution < 1.29 is 9.84 Å². The van der Waals surface area contributed by atoms with Crippen molar-refractivity contribution in [3.63, 3.8) is 0 Å². The number of aliphatic hydroxyl groups is 1. The van der Waals surface area contributed by atoms with E-state index in [4.69, 9.17) is 21.4 Å². The summed E-state index contributed by atoms with van der Waals surface area (Å²) in [7, 11) is 0. The van der Waals surface area contributed by atoms with E-state index in [1.54, 1.807) is 0 Å². The number of aliphatic hydroxyl groups excluding tert-OH is 1. The van der Waals surface area contributed by atoms with Gasteiger partial charge < -0.3 is 15.2 Å². The van der Waals surface area contributed by atoms with Gasteiger partial charge in [0.2, 0.25) is 0 Å². The molecule has 3 nitrogen and oxygen atoms in total. The molecule has 17 heavy (non-hydrogen) atoms. The van der Waals surface area contributed by atoms with E-state index in [1.165, 1.54) is 0 Å². The lowest BCUT2D eigenvalue weighted by molar-refractivity contribution is 0.238. The van der Waals surface area contributed by atoms with Crippen molar-refractivity contribution in [1.82, 2.24) is 5.32 Å². The molecular weight excluding hydrogens is 238 g/mol. The Hall–Kier alpha value is -0.770. The number of hydrogen-bond donors (Lipinski definition) is 2. The molecule has 1 aromatic carbocycles. The fraction of sp³-hybridized carbons (Fsp3) is 0.538. The summed E-state index contributed by atoms with van der Waals surface area (Å²) in [5.74, 6) is 0.715. The number of halogens is 1. The fourth-order valence-electron chi connectivity index (χ4n) is 1.53. The monoisotopic (exact) mass is 257 g/mol. The number of ether oxygens (including phenoxy) is 1. The van der Waals surface area contributed by atoms with Crippen LogP contribution >= 0.6 is 11.6 Å². The summed E-state index contributed by atoms with van der Waals surface area (Å²) in [5, 5.41) is 13.0. The van der Waals surface area contributed by atoms with E-state index in [0.717, 1.165) is 12.0 Å². The van der Waals surface area contributed by atoms with Crippen molar-refractivity contribution in [2.24, 2.45) is 0 Å². The lowest BCUT2D eigenvalue weighted by Gasteiger charge is -2.14. The quantitative estimate of drug-likeness (QED) is 0.789. The van der Waals surface area contributed by atoms with E-state index < -0.39 is 0 Å². The second-order valence-electron chi connectivity index (χ2n) is 3.87. The van der Waals surface area contributed by atoms with E-state index in [0.29, 0.717) is 23.9 Å². The third-order valence-electron chi connectivity index (χ3n) is 2.60. The summed E-state index contributed by atoms with van der Waals surface area (Å²) in [4.78, 5) is 0. The summed E-state index contributed by atoms with van der Waals surface area (Å²) in [6, 6.07) is 5.89. The number of rotatable bonds is 7. The van der Waals surface area contributed by atoms with Crippen LogP contribution in [0.25, 0.3) is 0 Å². The molecule has 1 atom stereocenters. The summed E-state index contributed by atoms with van der Waals surface area (Å²) < 4.78 is 5.37. The maximum atomic E-state index is 9.06. The van der Waals surface area contributed by atoms with Crippen LogP contribution < -0.4 is 10.1 Å². The molecule has 0 aliphatic heterocycles. The largest absolute Gasteiger partial charge is 0.492 e. The van der Waals surface area contributed by atoms with Gasteiger partial charge in [-0.2, -0.15) is 0 Å². The predicted octanol–water partition coefficient (Wildman–Crippen LogP) is 2.60. The lowest BCUT2D eigenvalue weighted by Crippen LogP contribution is -2.31. The molecule has 0 heterocycles. The van der Waals surface area contributed by atoms with E-state index >= 15 is 0 Å². The Balaban J connectivity index is 2.58. The van der Waals surface area contributed by atoms with Crippen LogP contribution in [-0.4, -0.2) is 24.4 Å². The van der Waals surface area contributed by atoms with Crippen LogP contribution in [0.4, 0.5) is 0 Å². The van der Waals surface area contributed by atoms with Crippen molar-refractivity contribution in [2.75, 3.05) is 13.2 Å². The molecule has 1 unspecified atom stereocenters. The molecule has 0 aliphatic rings. The van der Waals surface area contributed by atoms with Crippen molar-refractivity contribution in [3.05, 3.63) is 28.8 Å². The first-order chi connectivity index (χ1) is 8.21. The third kappa shape index (κ3) is 4.54. The highest BCUT2D eigenvalue weighted by atomic mass is 35.5. The average Bonchev–Trinajstić information content (AvgIpc) is 2.34. The molecule has 0 radical (unpaired) electrons. The van der Waals surface area contributed by atoms with Crippen LogP contribution in [0.1, 0.15) is 25.8 Å². The normalized spacial score (nSPS) is 12.5. The van der Waals surface area contributed by atoms with E-state index in [2.05, 4.69) is 5.32 Å². The predicted molar refractivity (Wildman–Crippen MR) is 70.6 cm³/mol. The van der Waals surface area contributed by atoms with Crippen molar-refractivity contribution in [2.45, 2.75) is 32.9 Å². The number of benzene rings is 1. The number of nitrogens with one attached hydrogen (secondary N) is 1. The first-order valence-corrected chi connectivity index (χ1v) is 6.34. The Bertz CT molecular complexity index is 340. The van der Waals surface area contributed by atoms with E-state index in [-0.39, 0.29) is 12.6 Å². The van der Waals surface area contributed by atoms with Gasteiger partial charge in [-0.25, -0.2) is 0 Å². The van der Waals surface area contributed by atoms with Crippen molar-refractivity contribution in [1.29, 1.82) is 0 Å². The molecular formula is C13H20ClNO2. The summed E-state index contributed by atoms with van der Waals surface area (Å²) in [6.45, 7) is 5.43. The average molecular weight is 258 g/mol. The molecule has 0 saturated heterocycles. The van der Waals surface area contributed by atoms with Crippen molar-refractivity contribution >= 4 is 11.6 Å². The van der Waals surface area contributed by atoms with Crippen LogP contribution in [0.15, 0.2) is 18.2 Å². The minimum Gasteiger partial charge on any atom is -0.492 e. The Morgan fingerprint density at radius 2 is 2.18 bits per heavy atom. The SMILES string of the molecule is CCOc1ccc(CNC(CC)CO)cc1Cl. The standard InChI is InChI=1S/C13H20ClNO2/c1-3-11(9-16)15-8-10-5-6-13(17-4-2)12(14)7-10/h5-7,11,15-16H,3-4,8-9H2,1-2H3. The Kier molecular flexibility index (Phi) is 6.34. The molecule has 0 aliphatic carbocycles. The van der Waals surface area contributed by atoms with Gasteiger partial charge in [-0.3, -0.25) is 0 Å². The Labute approximate surface area is 108 Å². The second kappa shape index (κ2) is 7.54. The maximum absolute atomic E-state index is 9.06. The van der Waals surface area contributed by atoms with Gasteiger partial charge in [-0.1, -0.05) is 24.6 Å². The van der Waals surface area contributed by atoms with Gasteiger partial charge in [0.1, 0.15) is 5.75 Å². The van der Waals surface area contributed by atoms with Crippen LogP contribution in [0.5, 0.6) is 5.75 Å². The second-order valence-corrected chi connectivity index (χ2v) is 4.27. The molecule has 4 heteroatoms. The highest BCUT2D eigenvalue weighted by Gasteiger charge is 2.05. The first kappa shape index (κ1) is 14.3. The van der Waals surface area contributed by atoms with Crippen molar-refractivity contribution in [3.8, 4) is 5.75 Å². The van der Waals surface area contributed by atoms with Gasteiger partial charge in [0, 0.05) is 12.6 Å². The molecule has 96 valence electrons. The highest BCUT2D eigenvalue weighted by molar-refractivity contribution is 6.32. The summed E-state index contributed by atoms with van der Waals surface area (Å²) in [6.07, 6.45) is 0.904. The third-order valence-corrected chi connectivity index (χ3v) is 2.90. The molecule has 1 rings (SSSR count). The van der Waals surface area contributed by atoms with E-state index in [9.17, 15) is 0 Å². The molecule has 0 amide bonds. The molecule has 2 N–H and O–H groups in total. The zero-order valence-corrected chi connectivity index (χ0v) is 11.1. The molecule has 0 aromatic heterocycles. The van der Waals surface area contributed by atoms with Gasteiger partial charge in [0.05, 0.1) is 18.2 Å². The van der Waals surface area contributed by atoms with Crippen LogP contribution in [0.2, 0.25) is 5.02 Å². The molecule has 0 saturated carbocycles. The summed E-state index contributed by atoms with van der Waals surface area (Å²) in [5.41, 5.74) is 1.09. The zero-order chi connectivity index (χ0) is 12.7. The van der Waals surface area contributed by atoms with Gasteiger partial charge in [0.15, 0.2) is 0 Å². The maximum Gasteiger partial charge on any atom is 0.137 e. The van der Waals surface area contributed by atoms with Crippen LogP contribution in [-0.2, 0) is 6.54 Å². The molecule has 1 aromatic rings. The first-order valence-electron chi connectivity index (χ1n) is 5.96. The van der Waals surface area contributed by atoms with Gasteiger partial charge in [0.25, 0.3) is 0 Å². The number of hydrogen-bond acceptors (Lipinski definition) is 3. The topological polar surface area (TPSA) is 41.5 Å². The minimum atomic E-state index is 0.139. The summed E-state index contributed by atoms with van der Waals surface area (Å²) >= 11 is 6.09. The smallest absolute Gasteiger partial charge is 0.137 e. The zero-order valence-electron chi connectivity index (χ0n) is 10.4. The molecule has 0 bridgehead atoms. The van der Waals surface area contributed by atoms with Gasteiger partial charge >= 0.3 is 0 Å². The van der Waals surface area contributed by atoms with Crippen LogP contribution in [0.3, 0.4) is 0 Å². The fourth-order valence-corrected chi connectivity index (χ4v) is 1.78. The van der Waals surface area contributed by atoms with Gasteiger partial charge in [-0.15, -0.1) is 0 Å². The van der Waals surface area contributed by atoms with E-state index in [1.807, 2.05) is 32.0 Å². The minimum absolute atomic E-state index is 0.139. The molecule has 0 spiro atoms. The van der Waals surface area contributed by atoms with Crippen LogP contribution in [0, 0.1) is 0 Å². The Morgan fingerprint density at radius 3 is 2.71 bits per heavy atom. The Morgan fingerprint density at radius 1 is 1.41 bits per heavy atom. The lowest BCUT2D eigenvalue weighted by atomic mass is 10.2. The van der Waals surface area contributed by atoms with Gasteiger partial charge in [-0.05, 0) is 31.0 Å². The molecule has 0 fully saturated rings. The highest BCUT2D eigenvalue weighted by Crippen LogP contribution is 2.25.